The number of Topliss-reactive ketones (excluding diaryl/α,β-unsaturated/α-hetero) is 2. The first-order chi connectivity index (χ1) is 12.9. The maximum Gasteiger partial charge on any atom is 0.416 e. The number of carbonyl (C=O) groups is 2. The van der Waals surface area contributed by atoms with Gasteiger partial charge < -0.3 is 5.32 Å². The highest BCUT2D eigenvalue weighted by Gasteiger charge is 2.39. The average Bonchev–Trinajstić information content (AvgIpc) is 2.59. The molecule has 28 heavy (non-hydrogen) atoms. The third-order valence-electron chi connectivity index (χ3n) is 4.02. The van der Waals surface area contributed by atoms with E-state index in [0.717, 1.165) is 37.0 Å². The van der Waals surface area contributed by atoms with Gasteiger partial charge in [0.1, 0.15) is 22.6 Å². The van der Waals surface area contributed by atoms with Gasteiger partial charge in [-0.1, -0.05) is 0 Å². The van der Waals surface area contributed by atoms with Crippen molar-refractivity contribution >= 4 is 27.1 Å². The SMILES string of the molecule is Cc1cc(C(F)(F)F)ccc1NC1=C(S(C)(=O)=O)C(=O)c2ncncc2C1=O. The third kappa shape index (κ3) is 3.40. The Morgan fingerprint density at radius 1 is 1.11 bits per heavy atom. The number of nitrogens with zero attached hydrogens (tertiary/aromatic N) is 2. The van der Waals surface area contributed by atoms with Crippen molar-refractivity contribution in [2.75, 3.05) is 11.6 Å². The van der Waals surface area contributed by atoms with Gasteiger partial charge in [-0.3, -0.25) is 9.59 Å². The molecule has 0 spiro atoms. The van der Waals surface area contributed by atoms with Crippen LogP contribution in [0.15, 0.2) is 41.3 Å². The van der Waals surface area contributed by atoms with Gasteiger partial charge in [-0.15, -0.1) is 0 Å². The fourth-order valence-electron chi connectivity index (χ4n) is 2.72. The van der Waals surface area contributed by atoms with Gasteiger partial charge in [-0.25, -0.2) is 18.4 Å². The van der Waals surface area contributed by atoms with Gasteiger partial charge in [0.2, 0.25) is 11.6 Å². The van der Waals surface area contributed by atoms with Crippen molar-refractivity contribution in [2.24, 2.45) is 0 Å². The molecule has 1 aliphatic carbocycles. The lowest BCUT2D eigenvalue weighted by molar-refractivity contribution is -0.137. The minimum Gasteiger partial charge on any atom is -0.351 e. The van der Waals surface area contributed by atoms with Crippen molar-refractivity contribution in [3.8, 4) is 0 Å². The van der Waals surface area contributed by atoms with Gasteiger partial charge in [0, 0.05) is 18.1 Å². The fourth-order valence-corrected chi connectivity index (χ4v) is 3.67. The first kappa shape index (κ1) is 19.7. The van der Waals surface area contributed by atoms with Crippen LogP contribution in [-0.4, -0.2) is 36.2 Å². The molecule has 0 saturated heterocycles. The van der Waals surface area contributed by atoms with Crippen molar-refractivity contribution in [3.05, 3.63) is 63.7 Å². The van der Waals surface area contributed by atoms with Crippen molar-refractivity contribution in [1.29, 1.82) is 0 Å². The molecular weight excluding hydrogens is 399 g/mol. The van der Waals surface area contributed by atoms with Gasteiger partial charge in [-0.2, -0.15) is 13.2 Å². The minimum absolute atomic E-state index is 0.0469. The Hall–Kier alpha value is -3.08. The second-order valence-corrected chi connectivity index (χ2v) is 8.02. The number of hydrogen-bond donors (Lipinski definition) is 1. The van der Waals surface area contributed by atoms with Gasteiger partial charge in [0.05, 0.1) is 11.1 Å². The number of aromatic nitrogens is 2. The largest absolute Gasteiger partial charge is 0.416 e. The second-order valence-electron chi connectivity index (χ2n) is 6.07. The lowest BCUT2D eigenvalue weighted by atomic mass is 9.97. The minimum atomic E-state index is -4.56. The van der Waals surface area contributed by atoms with Crippen molar-refractivity contribution in [2.45, 2.75) is 13.1 Å². The van der Waals surface area contributed by atoms with E-state index in [2.05, 4.69) is 15.3 Å². The molecule has 146 valence electrons. The lowest BCUT2D eigenvalue weighted by Crippen LogP contribution is -2.30. The van der Waals surface area contributed by atoms with Gasteiger partial charge >= 0.3 is 6.18 Å². The summed E-state index contributed by atoms with van der Waals surface area (Å²) in [7, 11) is -4.16. The van der Waals surface area contributed by atoms with Crippen LogP contribution < -0.4 is 5.32 Å². The predicted molar refractivity (Wildman–Crippen MR) is 92.4 cm³/mol. The summed E-state index contributed by atoms with van der Waals surface area (Å²) in [6, 6.07) is 2.68. The van der Waals surface area contributed by atoms with E-state index < -0.39 is 43.7 Å². The van der Waals surface area contributed by atoms with Crippen LogP contribution in [0.4, 0.5) is 18.9 Å². The summed E-state index contributed by atoms with van der Waals surface area (Å²) in [5.41, 5.74) is -1.87. The van der Waals surface area contributed by atoms with E-state index >= 15 is 0 Å². The van der Waals surface area contributed by atoms with E-state index in [1.54, 1.807) is 0 Å². The summed E-state index contributed by atoms with van der Waals surface area (Å²) < 4.78 is 62.8. The Bertz CT molecular complexity index is 1150. The van der Waals surface area contributed by atoms with E-state index in [1.165, 1.54) is 6.92 Å². The summed E-state index contributed by atoms with van der Waals surface area (Å²) in [6.07, 6.45) is -1.74. The first-order valence-corrected chi connectivity index (χ1v) is 9.59. The lowest BCUT2D eigenvalue weighted by Gasteiger charge is -2.21. The number of allylic oxidation sites excluding steroid dienone is 2. The molecule has 0 amide bonds. The number of alkyl halides is 3. The van der Waals surface area contributed by atoms with Crippen LogP contribution in [-0.2, 0) is 16.0 Å². The molecule has 0 bridgehead atoms. The average molecular weight is 411 g/mol. The molecule has 0 aliphatic heterocycles. The zero-order valence-corrected chi connectivity index (χ0v) is 15.3. The number of hydrogen-bond acceptors (Lipinski definition) is 7. The molecule has 1 aromatic carbocycles. The molecule has 0 unspecified atom stereocenters. The highest BCUT2D eigenvalue weighted by Crippen LogP contribution is 2.33. The van der Waals surface area contributed by atoms with Gasteiger partial charge in [0.15, 0.2) is 9.84 Å². The summed E-state index contributed by atoms with van der Waals surface area (Å²) in [5.74, 6) is -1.85. The molecule has 0 fully saturated rings. The molecule has 11 heteroatoms. The molecule has 1 N–H and O–H groups in total. The van der Waals surface area contributed by atoms with Crippen molar-refractivity contribution in [3.63, 3.8) is 0 Å². The standard InChI is InChI=1S/C17H12F3N3O4S/c1-8-5-9(17(18,19)20)3-4-11(8)23-13-14(24)10-6-21-7-22-12(10)15(25)16(13)28(2,26)27/h3-7,23H,1-2H3. The predicted octanol–water partition coefficient (Wildman–Crippen LogP) is 2.55. The van der Waals surface area contributed by atoms with Crippen LogP contribution in [0.25, 0.3) is 0 Å². The number of nitrogens with one attached hydrogen (secondary N) is 1. The zero-order chi connectivity index (χ0) is 20.9. The van der Waals surface area contributed by atoms with Crippen molar-refractivity contribution in [1.82, 2.24) is 9.97 Å². The third-order valence-corrected chi connectivity index (χ3v) is 5.15. The number of sulfone groups is 1. The van der Waals surface area contributed by atoms with Crippen molar-refractivity contribution < 1.29 is 31.2 Å². The van der Waals surface area contributed by atoms with Gasteiger partial charge in [0.25, 0.3) is 0 Å². The van der Waals surface area contributed by atoms with Crippen LogP contribution in [0.1, 0.15) is 32.0 Å². The maximum atomic E-state index is 12.8. The maximum absolute atomic E-state index is 12.8. The van der Waals surface area contributed by atoms with E-state index in [4.69, 9.17) is 0 Å². The fraction of sp³-hybridized carbons (Fsp3) is 0.176. The quantitative estimate of drug-likeness (QED) is 0.827. The number of anilines is 1. The summed E-state index contributed by atoms with van der Waals surface area (Å²) in [6.45, 7) is 1.35. The Morgan fingerprint density at radius 2 is 1.79 bits per heavy atom. The Labute approximate surface area is 157 Å². The number of rotatable bonds is 3. The van der Waals surface area contributed by atoms with E-state index in [1.807, 2.05) is 0 Å². The Balaban J connectivity index is 2.16. The van der Waals surface area contributed by atoms with E-state index in [9.17, 15) is 31.2 Å². The van der Waals surface area contributed by atoms with Crippen LogP contribution in [0.5, 0.6) is 0 Å². The zero-order valence-electron chi connectivity index (χ0n) is 14.5. The van der Waals surface area contributed by atoms with E-state index in [0.29, 0.717) is 0 Å². The molecule has 2 aromatic rings. The molecule has 0 atom stereocenters. The Kier molecular flexibility index (Phi) is 4.58. The first-order valence-electron chi connectivity index (χ1n) is 7.70. The van der Waals surface area contributed by atoms with E-state index in [-0.39, 0.29) is 22.5 Å². The number of ketones is 2. The summed E-state index contributed by atoms with van der Waals surface area (Å²) >= 11 is 0. The van der Waals surface area contributed by atoms with Crippen LogP contribution in [0.2, 0.25) is 0 Å². The topological polar surface area (TPSA) is 106 Å². The molecule has 7 nitrogen and oxygen atoms in total. The number of benzene rings is 1. The number of halogens is 3. The molecule has 0 saturated carbocycles. The highest BCUT2D eigenvalue weighted by molar-refractivity contribution is 7.95. The molecule has 1 aromatic heterocycles. The van der Waals surface area contributed by atoms with Crippen LogP contribution in [0, 0.1) is 6.92 Å². The second kappa shape index (κ2) is 6.51. The highest BCUT2D eigenvalue weighted by atomic mass is 32.2. The molecule has 3 rings (SSSR count). The van der Waals surface area contributed by atoms with Crippen LogP contribution >= 0.6 is 0 Å². The summed E-state index contributed by atoms with van der Waals surface area (Å²) in [5, 5.41) is 2.51. The number of aryl methyl sites for hydroxylation is 1. The van der Waals surface area contributed by atoms with Crippen LogP contribution in [0.3, 0.4) is 0 Å². The van der Waals surface area contributed by atoms with Gasteiger partial charge in [-0.05, 0) is 30.7 Å². The molecular formula is C17H12F3N3O4S. The molecule has 0 radical (unpaired) electrons. The Morgan fingerprint density at radius 3 is 2.36 bits per heavy atom. The monoisotopic (exact) mass is 411 g/mol. The number of fused-ring (bicyclic) bond motifs is 1. The molecule has 1 heterocycles. The number of carbonyl (C=O) groups excluding carboxylic acids is 2. The molecule has 1 aliphatic rings. The normalized spacial score (nSPS) is 14.9. The smallest absolute Gasteiger partial charge is 0.351 e. The summed E-state index contributed by atoms with van der Waals surface area (Å²) in [4.78, 5) is 31.9.